The first-order chi connectivity index (χ1) is 10.8. The maximum absolute atomic E-state index is 4.44. The number of rotatable bonds is 2. The molecule has 0 amide bonds. The van der Waals surface area contributed by atoms with E-state index in [2.05, 4.69) is 48.1 Å². The van der Waals surface area contributed by atoms with E-state index in [0.29, 0.717) is 0 Å². The average molecular weight is 322 g/mol. The predicted molar refractivity (Wildman–Crippen MR) is 95.6 cm³/mol. The molecule has 2 nitrogen and oxygen atoms in total. The molecule has 0 atom stereocenters. The number of nitrogens with zero attached hydrogens (tertiary/aromatic N) is 2. The molecule has 4 rings (SSSR count). The van der Waals surface area contributed by atoms with Crippen LogP contribution in [0.15, 0.2) is 47.4 Å². The molecule has 0 unspecified atom stereocenters. The van der Waals surface area contributed by atoms with Crippen molar-refractivity contribution in [3.05, 3.63) is 58.5 Å². The molecule has 0 fully saturated rings. The molecule has 0 aliphatic carbocycles. The van der Waals surface area contributed by atoms with Crippen LogP contribution in [0.1, 0.15) is 11.1 Å². The van der Waals surface area contributed by atoms with Crippen molar-refractivity contribution in [1.29, 1.82) is 0 Å². The number of hydrogen-bond donors (Lipinski definition) is 0. The van der Waals surface area contributed by atoms with Crippen LogP contribution in [0.25, 0.3) is 31.9 Å². The van der Waals surface area contributed by atoms with E-state index in [0.717, 1.165) is 10.0 Å². The summed E-state index contributed by atoms with van der Waals surface area (Å²) >= 11 is 3.37. The van der Waals surface area contributed by atoms with Crippen LogP contribution in [-0.2, 0) is 0 Å². The second-order valence-electron chi connectivity index (χ2n) is 5.25. The summed E-state index contributed by atoms with van der Waals surface area (Å²) in [4.78, 5) is 8.89. The molecular weight excluding hydrogens is 308 g/mol. The summed E-state index contributed by atoms with van der Waals surface area (Å²) in [5.74, 6) is 0. The molecule has 2 aromatic carbocycles. The van der Waals surface area contributed by atoms with Gasteiger partial charge in [0.05, 0.1) is 0 Å². The molecule has 2 aromatic heterocycles. The molecule has 4 heteroatoms. The van der Waals surface area contributed by atoms with Crippen LogP contribution in [-0.4, -0.2) is 9.97 Å². The van der Waals surface area contributed by atoms with E-state index in [1.54, 1.807) is 22.7 Å². The molecule has 2 heterocycles. The van der Waals surface area contributed by atoms with E-state index in [1.807, 2.05) is 23.2 Å². The first-order valence-electron chi connectivity index (χ1n) is 7.08. The van der Waals surface area contributed by atoms with E-state index in [1.165, 1.54) is 33.0 Å². The zero-order valence-electron chi connectivity index (χ0n) is 12.3. The minimum atomic E-state index is 1.08. The number of aryl methyl sites for hydroxylation is 2. The van der Waals surface area contributed by atoms with Gasteiger partial charge in [-0.15, -0.1) is 22.7 Å². The Labute approximate surface area is 137 Å². The van der Waals surface area contributed by atoms with Gasteiger partial charge in [-0.1, -0.05) is 24.3 Å². The summed E-state index contributed by atoms with van der Waals surface area (Å²) < 4.78 is 0. The predicted octanol–water partition coefficient (Wildman–Crippen LogP) is 5.70. The molecule has 0 N–H and O–H groups in total. The Morgan fingerprint density at radius 1 is 0.682 bits per heavy atom. The van der Waals surface area contributed by atoms with Crippen molar-refractivity contribution in [1.82, 2.24) is 9.97 Å². The summed E-state index contributed by atoms with van der Waals surface area (Å²) in [6.07, 6.45) is 3.72. The zero-order chi connectivity index (χ0) is 15.1. The summed E-state index contributed by atoms with van der Waals surface area (Å²) in [5.41, 5.74) is 5.04. The molecule has 0 bridgehead atoms. The van der Waals surface area contributed by atoms with Crippen molar-refractivity contribution in [3.63, 3.8) is 0 Å². The van der Waals surface area contributed by atoms with E-state index in [-0.39, 0.29) is 0 Å². The van der Waals surface area contributed by atoms with Crippen LogP contribution >= 0.6 is 22.7 Å². The highest BCUT2D eigenvalue weighted by molar-refractivity contribution is 7.13. The SMILES string of the molecule is Cc1c(-c2nccs2)ccc2c(C)c(-c3nccs3)ccc12. The smallest absolute Gasteiger partial charge is 0.123 e. The van der Waals surface area contributed by atoms with Crippen LogP contribution in [0, 0.1) is 13.8 Å². The highest BCUT2D eigenvalue weighted by Gasteiger charge is 2.12. The van der Waals surface area contributed by atoms with E-state index < -0.39 is 0 Å². The fourth-order valence-corrected chi connectivity index (χ4v) is 4.32. The van der Waals surface area contributed by atoms with Crippen molar-refractivity contribution in [2.75, 3.05) is 0 Å². The van der Waals surface area contributed by atoms with Crippen molar-refractivity contribution in [2.24, 2.45) is 0 Å². The second-order valence-corrected chi connectivity index (χ2v) is 7.04. The number of thiazole rings is 2. The maximum Gasteiger partial charge on any atom is 0.123 e. The van der Waals surface area contributed by atoms with Crippen LogP contribution < -0.4 is 0 Å². The van der Waals surface area contributed by atoms with Crippen LogP contribution in [0.5, 0.6) is 0 Å². The molecule has 4 aromatic rings. The van der Waals surface area contributed by atoms with Crippen molar-refractivity contribution >= 4 is 33.4 Å². The Balaban J connectivity index is 1.96. The lowest BCUT2D eigenvalue weighted by Gasteiger charge is -2.12. The Bertz CT molecular complexity index is 860. The highest BCUT2D eigenvalue weighted by Crippen LogP contribution is 2.36. The summed E-state index contributed by atoms with van der Waals surface area (Å²) in [7, 11) is 0. The zero-order valence-corrected chi connectivity index (χ0v) is 14.0. The number of fused-ring (bicyclic) bond motifs is 1. The van der Waals surface area contributed by atoms with Gasteiger partial charge in [0, 0.05) is 34.3 Å². The number of aromatic nitrogens is 2. The number of hydrogen-bond acceptors (Lipinski definition) is 4. The van der Waals surface area contributed by atoms with Gasteiger partial charge in [-0.2, -0.15) is 0 Å². The van der Waals surface area contributed by atoms with Crippen molar-refractivity contribution in [3.8, 4) is 21.1 Å². The monoisotopic (exact) mass is 322 g/mol. The van der Waals surface area contributed by atoms with Crippen molar-refractivity contribution in [2.45, 2.75) is 13.8 Å². The molecule has 0 saturated carbocycles. The van der Waals surface area contributed by atoms with Crippen molar-refractivity contribution < 1.29 is 0 Å². The van der Waals surface area contributed by atoms with Gasteiger partial charge in [0.2, 0.25) is 0 Å². The van der Waals surface area contributed by atoms with Crippen LogP contribution in [0.4, 0.5) is 0 Å². The molecule has 0 spiro atoms. The lowest BCUT2D eigenvalue weighted by molar-refractivity contribution is 1.38. The Morgan fingerprint density at radius 3 is 1.50 bits per heavy atom. The van der Waals surface area contributed by atoms with E-state index in [4.69, 9.17) is 0 Å². The standard InChI is InChI=1S/C18H14N2S2/c1-11-13-3-6-16(18-20-8-10-22-18)12(2)14(13)4-5-15(11)17-19-7-9-21-17/h3-10H,1-2H3. The third kappa shape index (κ3) is 2.07. The summed E-state index contributed by atoms with van der Waals surface area (Å²) in [6.45, 7) is 4.36. The third-order valence-corrected chi connectivity index (χ3v) is 5.68. The lowest BCUT2D eigenvalue weighted by Crippen LogP contribution is -1.90. The van der Waals surface area contributed by atoms with E-state index >= 15 is 0 Å². The second kappa shape index (κ2) is 5.30. The normalized spacial score (nSPS) is 11.2. The maximum atomic E-state index is 4.44. The third-order valence-electron chi connectivity index (χ3n) is 4.06. The van der Waals surface area contributed by atoms with Gasteiger partial charge < -0.3 is 0 Å². The summed E-state index contributed by atoms with van der Waals surface area (Å²) in [6, 6.07) is 8.81. The first kappa shape index (κ1) is 13.6. The molecule has 22 heavy (non-hydrogen) atoms. The van der Waals surface area contributed by atoms with Crippen LogP contribution in [0.2, 0.25) is 0 Å². The fraction of sp³-hybridized carbons (Fsp3) is 0.111. The minimum Gasteiger partial charge on any atom is -0.245 e. The largest absolute Gasteiger partial charge is 0.245 e. The Hall–Kier alpha value is -2.04. The lowest BCUT2D eigenvalue weighted by atomic mass is 9.94. The number of benzene rings is 2. The Morgan fingerprint density at radius 2 is 1.14 bits per heavy atom. The molecular formula is C18H14N2S2. The van der Waals surface area contributed by atoms with Gasteiger partial charge in [-0.05, 0) is 35.7 Å². The molecule has 0 saturated heterocycles. The van der Waals surface area contributed by atoms with Gasteiger partial charge in [0.15, 0.2) is 0 Å². The molecule has 0 aliphatic rings. The molecule has 108 valence electrons. The Kier molecular flexibility index (Phi) is 3.28. The quantitative estimate of drug-likeness (QED) is 0.473. The van der Waals surface area contributed by atoms with Gasteiger partial charge >= 0.3 is 0 Å². The average Bonchev–Trinajstić information content (AvgIpc) is 3.22. The fourth-order valence-electron chi connectivity index (χ4n) is 2.88. The molecule has 0 radical (unpaired) electrons. The van der Waals surface area contributed by atoms with Gasteiger partial charge in [-0.3, -0.25) is 0 Å². The molecule has 0 aliphatic heterocycles. The van der Waals surface area contributed by atoms with Gasteiger partial charge in [0.1, 0.15) is 10.0 Å². The summed E-state index contributed by atoms with van der Waals surface area (Å²) in [5, 5.41) is 8.81. The van der Waals surface area contributed by atoms with Crippen LogP contribution in [0.3, 0.4) is 0 Å². The highest BCUT2D eigenvalue weighted by atomic mass is 32.1. The first-order valence-corrected chi connectivity index (χ1v) is 8.84. The minimum absolute atomic E-state index is 1.08. The van der Waals surface area contributed by atoms with E-state index in [9.17, 15) is 0 Å². The van der Waals surface area contributed by atoms with Gasteiger partial charge in [-0.25, -0.2) is 9.97 Å². The van der Waals surface area contributed by atoms with Gasteiger partial charge in [0.25, 0.3) is 0 Å². The topological polar surface area (TPSA) is 25.8 Å².